The van der Waals surface area contributed by atoms with Crippen molar-refractivity contribution in [2.24, 2.45) is 0 Å². The van der Waals surface area contributed by atoms with Crippen molar-refractivity contribution in [2.45, 2.75) is 0 Å². The lowest BCUT2D eigenvalue weighted by Crippen LogP contribution is -2.02. The molecule has 0 fully saturated rings. The molecule has 0 amide bonds. The third-order valence-electron chi connectivity index (χ3n) is 11.8. The van der Waals surface area contributed by atoms with Crippen molar-refractivity contribution >= 4 is 64.9 Å². The van der Waals surface area contributed by atoms with Gasteiger partial charge in [0.25, 0.3) is 0 Å². The predicted molar refractivity (Wildman–Crippen MR) is 246 cm³/mol. The number of hydrogen-bond acceptors (Lipinski definition) is 3. The monoisotopic (exact) mass is 750 g/mol. The van der Waals surface area contributed by atoms with Crippen molar-refractivity contribution in [3.63, 3.8) is 0 Å². The topological polar surface area (TPSA) is 43.6 Å². The van der Waals surface area contributed by atoms with Gasteiger partial charge in [0.05, 0.1) is 11.0 Å². The number of hydrogen-bond donors (Lipinski definition) is 0. The standard InChI is InChI=1S/C55H34N4/c1-3-17-35(18-4-1)53-56-54(47-29-14-7-21-38(47)36-31-32-44-43-26-15-16-30-50(43)59(51(44)33-36)37-19-5-2-6-20-37)58-55(57-53)49-34-48-41-24-9-8-22-39(41)40-23-10-12-27-45(40)52(48)46-28-13-11-25-42(46)49/h1-34H. The van der Waals surface area contributed by atoms with E-state index >= 15 is 0 Å². The molecule has 274 valence electrons. The Morgan fingerprint density at radius 3 is 1.49 bits per heavy atom. The van der Waals surface area contributed by atoms with Gasteiger partial charge in [-0.25, -0.2) is 15.0 Å². The lowest BCUT2D eigenvalue weighted by atomic mass is 9.89. The van der Waals surface area contributed by atoms with Gasteiger partial charge in [0, 0.05) is 33.2 Å². The molecule has 12 aromatic rings. The van der Waals surface area contributed by atoms with Crippen molar-refractivity contribution in [1.82, 2.24) is 19.5 Å². The summed E-state index contributed by atoms with van der Waals surface area (Å²) >= 11 is 0. The summed E-state index contributed by atoms with van der Waals surface area (Å²) in [6.45, 7) is 0. The third kappa shape index (κ3) is 5.27. The molecular formula is C55H34N4. The quantitative estimate of drug-likeness (QED) is 0.165. The summed E-state index contributed by atoms with van der Waals surface area (Å²) < 4.78 is 2.36. The molecule has 0 unspecified atom stereocenters. The predicted octanol–water partition coefficient (Wildman–Crippen LogP) is 14.2. The van der Waals surface area contributed by atoms with E-state index in [1.807, 2.05) is 18.2 Å². The molecule has 0 spiro atoms. The molecule has 0 aliphatic heterocycles. The van der Waals surface area contributed by atoms with E-state index in [2.05, 4.69) is 193 Å². The van der Waals surface area contributed by atoms with Gasteiger partial charge >= 0.3 is 0 Å². The first kappa shape index (κ1) is 33.2. The highest BCUT2D eigenvalue weighted by Crippen LogP contribution is 2.43. The molecule has 2 aromatic heterocycles. The Balaban J connectivity index is 1.12. The van der Waals surface area contributed by atoms with Crippen LogP contribution in [0.25, 0.3) is 116 Å². The fraction of sp³-hybridized carbons (Fsp3) is 0. The number of aromatic nitrogens is 4. The highest BCUT2D eigenvalue weighted by atomic mass is 15.0. The average Bonchev–Trinajstić information content (AvgIpc) is 3.65. The molecule has 0 aliphatic rings. The molecule has 4 heteroatoms. The van der Waals surface area contributed by atoms with Gasteiger partial charge in [0.1, 0.15) is 0 Å². The van der Waals surface area contributed by atoms with Crippen LogP contribution >= 0.6 is 0 Å². The summed E-state index contributed by atoms with van der Waals surface area (Å²) in [6, 6.07) is 73.3. The Bertz CT molecular complexity index is 3610. The van der Waals surface area contributed by atoms with Crippen molar-refractivity contribution in [2.75, 3.05) is 0 Å². The number of para-hydroxylation sites is 2. The van der Waals surface area contributed by atoms with Gasteiger partial charge in [-0.05, 0) is 84.5 Å². The van der Waals surface area contributed by atoms with Crippen LogP contribution in [0.5, 0.6) is 0 Å². The summed E-state index contributed by atoms with van der Waals surface area (Å²) in [6.07, 6.45) is 0. The van der Waals surface area contributed by atoms with E-state index in [0.717, 1.165) is 44.4 Å². The van der Waals surface area contributed by atoms with E-state index in [0.29, 0.717) is 17.5 Å². The smallest absolute Gasteiger partial charge is 0.164 e. The Morgan fingerprint density at radius 1 is 0.271 bits per heavy atom. The van der Waals surface area contributed by atoms with Gasteiger partial charge in [-0.2, -0.15) is 0 Å². The molecule has 12 rings (SSSR count). The zero-order chi connectivity index (χ0) is 38.9. The van der Waals surface area contributed by atoms with Crippen molar-refractivity contribution in [3.05, 3.63) is 206 Å². The molecule has 0 saturated heterocycles. The molecule has 0 saturated carbocycles. The van der Waals surface area contributed by atoms with Crippen LogP contribution in [-0.2, 0) is 0 Å². The second-order valence-corrected chi connectivity index (χ2v) is 15.1. The fourth-order valence-corrected chi connectivity index (χ4v) is 9.21. The van der Waals surface area contributed by atoms with E-state index in [-0.39, 0.29) is 0 Å². The fourth-order valence-electron chi connectivity index (χ4n) is 9.21. The summed E-state index contributed by atoms with van der Waals surface area (Å²) in [5.41, 5.74) is 8.44. The van der Waals surface area contributed by atoms with Crippen LogP contribution in [0.4, 0.5) is 0 Å². The van der Waals surface area contributed by atoms with E-state index in [9.17, 15) is 0 Å². The summed E-state index contributed by atoms with van der Waals surface area (Å²) in [5.74, 6) is 1.90. The van der Waals surface area contributed by atoms with Gasteiger partial charge in [0.15, 0.2) is 17.5 Å². The number of benzene rings is 10. The highest BCUT2D eigenvalue weighted by molar-refractivity contribution is 6.32. The lowest BCUT2D eigenvalue weighted by molar-refractivity contribution is 1.08. The van der Waals surface area contributed by atoms with Crippen molar-refractivity contribution in [1.29, 1.82) is 0 Å². The first-order valence-corrected chi connectivity index (χ1v) is 20.0. The van der Waals surface area contributed by atoms with Gasteiger partial charge < -0.3 is 4.57 Å². The van der Waals surface area contributed by atoms with Crippen LogP contribution in [-0.4, -0.2) is 19.5 Å². The van der Waals surface area contributed by atoms with Crippen LogP contribution in [0.2, 0.25) is 0 Å². The minimum atomic E-state index is 0.626. The molecule has 0 atom stereocenters. The molecule has 59 heavy (non-hydrogen) atoms. The highest BCUT2D eigenvalue weighted by Gasteiger charge is 2.21. The molecule has 0 bridgehead atoms. The first-order chi connectivity index (χ1) is 29.3. The Morgan fingerprint density at radius 2 is 0.763 bits per heavy atom. The molecule has 2 heterocycles. The van der Waals surface area contributed by atoms with Crippen LogP contribution in [0.3, 0.4) is 0 Å². The second-order valence-electron chi connectivity index (χ2n) is 15.1. The van der Waals surface area contributed by atoms with Crippen LogP contribution in [0, 0.1) is 0 Å². The number of nitrogens with zero attached hydrogens (tertiary/aromatic N) is 4. The number of rotatable bonds is 5. The van der Waals surface area contributed by atoms with Gasteiger partial charge in [-0.15, -0.1) is 0 Å². The van der Waals surface area contributed by atoms with Gasteiger partial charge in [-0.1, -0.05) is 176 Å². The SMILES string of the molecule is c1ccc(-c2nc(-c3ccccc3-c3ccc4c5ccccc5n(-c5ccccc5)c4c3)nc(-c3cc4c5ccccc5c5ccccc5c4c4ccccc34)n2)cc1. The van der Waals surface area contributed by atoms with Crippen LogP contribution in [0.1, 0.15) is 0 Å². The van der Waals surface area contributed by atoms with E-state index in [1.54, 1.807) is 0 Å². The summed E-state index contributed by atoms with van der Waals surface area (Å²) in [5, 5.41) is 12.1. The minimum absolute atomic E-state index is 0.626. The molecule has 10 aromatic carbocycles. The Labute approximate surface area is 340 Å². The van der Waals surface area contributed by atoms with Crippen molar-refractivity contribution in [3.8, 4) is 51.0 Å². The largest absolute Gasteiger partial charge is 0.309 e. The molecule has 0 aliphatic carbocycles. The zero-order valence-electron chi connectivity index (χ0n) is 31.9. The molecule has 0 N–H and O–H groups in total. The Kier molecular flexibility index (Phi) is 7.50. The molecule has 4 nitrogen and oxygen atoms in total. The second kappa shape index (κ2) is 13.3. The van der Waals surface area contributed by atoms with E-state index in [1.165, 1.54) is 54.0 Å². The average molecular weight is 751 g/mol. The van der Waals surface area contributed by atoms with E-state index < -0.39 is 0 Å². The normalized spacial score (nSPS) is 11.7. The molecular weight excluding hydrogens is 717 g/mol. The maximum atomic E-state index is 5.42. The summed E-state index contributed by atoms with van der Waals surface area (Å²) in [4.78, 5) is 16.0. The Hall–Kier alpha value is -7.95. The maximum absolute atomic E-state index is 5.42. The summed E-state index contributed by atoms with van der Waals surface area (Å²) in [7, 11) is 0. The maximum Gasteiger partial charge on any atom is 0.164 e. The third-order valence-corrected chi connectivity index (χ3v) is 11.8. The molecule has 0 radical (unpaired) electrons. The van der Waals surface area contributed by atoms with Gasteiger partial charge in [-0.3, -0.25) is 0 Å². The zero-order valence-corrected chi connectivity index (χ0v) is 31.9. The van der Waals surface area contributed by atoms with Crippen LogP contribution in [0.15, 0.2) is 206 Å². The van der Waals surface area contributed by atoms with Gasteiger partial charge in [0.2, 0.25) is 0 Å². The lowest BCUT2D eigenvalue weighted by Gasteiger charge is -2.16. The minimum Gasteiger partial charge on any atom is -0.309 e. The van der Waals surface area contributed by atoms with E-state index in [4.69, 9.17) is 15.0 Å². The van der Waals surface area contributed by atoms with Crippen LogP contribution < -0.4 is 0 Å². The number of fused-ring (bicyclic) bond motifs is 11. The first-order valence-electron chi connectivity index (χ1n) is 20.0. The van der Waals surface area contributed by atoms with Crippen molar-refractivity contribution < 1.29 is 0 Å².